The minimum Gasteiger partial charge on any atom is -0.375 e. The third-order valence-electron chi connectivity index (χ3n) is 5.29. The molecule has 1 aromatic heterocycles. The van der Waals surface area contributed by atoms with Crippen LogP contribution in [0.15, 0.2) is 17.5 Å². The first-order chi connectivity index (χ1) is 11.1. The van der Waals surface area contributed by atoms with Crippen molar-refractivity contribution in [2.24, 2.45) is 5.41 Å². The number of methoxy groups -OCH3 is 1. The van der Waals surface area contributed by atoms with E-state index in [1.165, 1.54) is 11.3 Å². The van der Waals surface area contributed by atoms with Crippen LogP contribution in [0.5, 0.6) is 0 Å². The number of likely N-dealkylation sites (tertiary alicyclic amines) is 2. The molecule has 0 unspecified atom stereocenters. The summed E-state index contributed by atoms with van der Waals surface area (Å²) in [6.07, 6.45) is 4.19. The van der Waals surface area contributed by atoms with Crippen LogP contribution in [0.2, 0.25) is 0 Å². The lowest BCUT2D eigenvalue weighted by molar-refractivity contribution is -0.137. The number of amides is 2. The topological polar surface area (TPSA) is 49.9 Å². The molecule has 1 aromatic rings. The minimum atomic E-state index is 0.0904. The Hall–Kier alpha value is -1.40. The summed E-state index contributed by atoms with van der Waals surface area (Å²) < 4.78 is 4.94. The van der Waals surface area contributed by atoms with Crippen LogP contribution in [0.1, 0.15) is 35.4 Å². The van der Waals surface area contributed by atoms with Crippen LogP contribution in [-0.4, -0.2) is 61.5 Å². The fraction of sp³-hybridized carbons (Fsp3) is 0.647. The molecule has 5 nitrogen and oxygen atoms in total. The van der Waals surface area contributed by atoms with E-state index >= 15 is 0 Å². The molecule has 2 aliphatic rings. The maximum atomic E-state index is 12.4. The number of carbonyl (C=O) groups is 2. The molecule has 2 saturated heterocycles. The normalized spacial score (nSPS) is 20.7. The molecule has 2 amide bonds. The Morgan fingerprint density at radius 1 is 1.13 bits per heavy atom. The number of piperidine rings is 2. The maximum Gasteiger partial charge on any atom is 0.263 e. The second-order valence-corrected chi connectivity index (χ2v) is 7.53. The van der Waals surface area contributed by atoms with Crippen LogP contribution in [-0.2, 0) is 9.53 Å². The van der Waals surface area contributed by atoms with Gasteiger partial charge in [-0.2, -0.15) is 0 Å². The largest absolute Gasteiger partial charge is 0.375 e. The third-order valence-corrected chi connectivity index (χ3v) is 6.15. The molecule has 3 rings (SSSR count). The Morgan fingerprint density at radius 2 is 1.74 bits per heavy atom. The average Bonchev–Trinajstić information content (AvgIpc) is 3.10. The van der Waals surface area contributed by atoms with E-state index in [0.717, 1.165) is 56.7 Å². The van der Waals surface area contributed by atoms with Crippen molar-refractivity contribution in [1.29, 1.82) is 0 Å². The minimum absolute atomic E-state index is 0.0904. The predicted molar refractivity (Wildman–Crippen MR) is 89.6 cm³/mol. The van der Waals surface area contributed by atoms with Gasteiger partial charge in [0.15, 0.2) is 0 Å². The van der Waals surface area contributed by atoms with Crippen LogP contribution in [0.4, 0.5) is 0 Å². The van der Waals surface area contributed by atoms with Crippen LogP contribution in [0, 0.1) is 5.41 Å². The molecule has 23 heavy (non-hydrogen) atoms. The second-order valence-electron chi connectivity index (χ2n) is 6.58. The van der Waals surface area contributed by atoms with Crippen LogP contribution in [0.3, 0.4) is 0 Å². The molecule has 0 aliphatic carbocycles. The summed E-state index contributed by atoms with van der Waals surface area (Å²) in [5, 5.41) is 1.95. The van der Waals surface area contributed by atoms with E-state index in [0.29, 0.717) is 5.41 Å². The molecule has 6 heteroatoms. The zero-order valence-corrected chi connectivity index (χ0v) is 14.4. The standard InChI is InChI=1S/C17H24N2O3S/c1-22-13-15(20)18-8-4-17(5-9-18)6-10-19(11-7-17)16(21)14-3-2-12-23-14/h2-3,12H,4-11,13H2,1H3. The van der Waals surface area contributed by atoms with Gasteiger partial charge in [-0.25, -0.2) is 0 Å². The van der Waals surface area contributed by atoms with Crippen molar-refractivity contribution in [3.63, 3.8) is 0 Å². The highest BCUT2D eigenvalue weighted by molar-refractivity contribution is 7.12. The number of ether oxygens (including phenoxy) is 1. The van der Waals surface area contributed by atoms with Gasteiger partial charge in [-0.05, 0) is 42.5 Å². The fourth-order valence-electron chi connectivity index (χ4n) is 3.69. The van der Waals surface area contributed by atoms with E-state index in [4.69, 9.17) is 4.74 Å². The van der Waals surface area contributed by atoms with Crippen molar-refractivity contribution in [1.82, 2.24) is 9.80 Å². The summed E-state index contributed by atoms with van der Waals surface area (Å²) >= 11 is 1.51. The highest BCUT2D eigenvalue weighted by Gasteiger charge is 2.39. The van der Waals surface area contributed by atoms with E-state index in [-0.39, 0.29) is 18.4 Å². The second kappa shape index (κ2) is 7.01. The molecular formula is C17H24N2O3S. The summed E-state index contributed by atoms with van der Waals surface area (Å²) in [6, 6.07) is 3.83. The fourth-order valence-corrected chi connectivity index (χ4v) is 4.38. The zero-order valence-electron chi connectivity index (χ0n) is 13.6. The van der Waals surface area contributed by atoms with Gasteiger partial charge in [-0.3, -0.25) is 9.59 Å². The summed E-state index contributed by atoms with van der Waals surface area (Å²) in [6.45, 7) is 3.49. The highest BCUT2D eigenvalue weighted by atomic mass is 32.1. The molecule has 0 radical (unpaired) electrons. The van der Waals surface area contributed by atoms with Crippen molar-refractivity contribution >= 4 is 23.2 Å². The monoisotopic (exact) mass is 336 g/mol. The zero-order chi connectivity index (χ0) is 16.3. The summed E-state index contributed by atoms with van der Waals surface area (Å²) in [7, 11) is 1.56. The van der Waals surface area contributed by atoms with Gasteiger partial charge in [0.25, 0.3) is 5.91 Å². The predicted octanol–water partition coefficient (Wildman–Crippen LogP) is 2.24. The Kier molecular flexibility index (Phi) is 5.02. The smallest absolute Gasteiger partial charge is 0.263 e. The van der Waals surface area contributed by atoms with E-state index in [1.807, 2.05) is 27.3 Å². The van der Waals surface area contributed by atoms with Gasteiger partial charge in [0.2, 0.25) is 5.91 Å². The van der Waals surface area contributed by atoms with Gasteiger partial charge < -0.3 is 14.5 Å². The van der Waals surface area contributed by atoms with Gasteiger partial charge in [-0.15, -0.1) is 11.3 Å². The lowest BCUT2D eigenvalue weighted by atomic mass is 9.71. The molecule has 0 N–H and O–H groups in total. The lowest BCUT2D eigenvalue weighted by Crippen LogP contribution is -2.49. The number of hydrogen-bond acceptors (Lipinski definition) is 4. The Morgan fingerprint density at radius 3 is 2.26 bits per heavy atom. The molecule has 0 atom stereocenters. The molecule has 0 saturated carbocycles. The van der Waals surface area contributed by atoms with Gasteiger partial charge in [0, 0.05) is 33.3 Å². The van der Waals surface area contributed by atoms with E-state index in [9.17, 15) is 9.59 Å². The van der Waals surface area contributed by atoms with Gasteiger partial charge in [0.1, 0.15) is 6.61 Å². The molecule has 2 aliphatic heterocycles. The van der Waals surface area contributed by atoms with Crippen molar-refractivity contribution < 1.29 is 14.3 Å². The average molecular weight is 336 g/mol. The van der Waals surface area contributed by atoms with Gasteiger partial charge in [0.05, 0.1) is 4.88 Å². The van der Waals surface area contributed by atoms with E-state index in [1.54, 1.807) is 7.11 Å². The summed E-state index contributed by atoms with van der Waals surface area (Å²) in [5.74, 6) is 0.259. The first-order valence-corrected chi connectivity index (χ1v) is 9.11. The number of carbonyl (C=O) groups excluding carboxylic acids is 2. The lowest BCUT2D eigenvalue weighted by Gasteiger charge is -2.46. The molecule has 126 valence electrons. The quantitative estimate of drug-likeness (QED) is 0.850. The van der Waals surface area contributed by atoms with Crippen LogP contribution < -0.4 is 0 Å². The number of thiophene rings is 1. The number of rotatable bonds is 3. The van der Waals surface area contributed by atoms with E-state index in [2.05, 4.69) is 0 Å². The van der Waals surface area contributed by atoms with Crippen molar-refractivity contribution in [3.8, 4) is 0 Å². The van der Waals surface area contributed by atoms with Crippen molar-refractivity contribution in [2.45, 2.75) is 25.7 Å². The van der Waals surface area contributed by atoms with Gasteiger partial charge >= 0.3 is 0 Å². The van der Waals surface area contributed by atoms with E-state index < -0.39 is 0 Å². The molecule has 2 fully saturated rings. The SMILES string of the molecule is COCC(=O)N1CCC2(CC1)CCN(C(=O)c1cccs1)CC2. The number of nitrogens with zero attached hydrogens (tertiary/aromatic N) is 2. The molecular weight excluding hydrogens is 312 g/mol. The first kappa shape index (κ1) is 16.5. The Labute approximate surface area is 141 Å². The molecule has 3 heterocycles. The van der Waals surface area contributed by atoms with Gasteiger partial charge in [-0.1, -0.05) is 6.07 Å². The van der Waals surface area contributed by atoms with Crippen molar-refractivity contribution in [2.75, 3.05) is 39.9 Å². The molecule has 0 aromatic carbocycles. The molecule has 1 spiro atoms. The summed E-state index contributed by atoms with van der Waals surface area (Å²) in [5.41, 5.74) is 0.316. The summed E-state index contributed by atoms with van der Waals surface area (Å²) in [4.78, 5) is 29.0. The van der Waals surface area contributed by atoms with Crippen LogP contribution >= 0.6 is 11.3 Å². The highest BCUT2D eigenvalue weighted by Crippen LogP contribution is 2.41. The van der Waals surface area contributed by atoms with Crippen molar-refractivity contribution in [3.05, 3.63) is 22.4 Å². The maximum absolute atomic E-state index is 12.4. The number of hydrogen-bond donors (Lipinski definition) is 0. The Balaban J connectivity index is 1.51. The first-order valence-electron chi connectivity index (χ1n) is 8.23. The molecule has 0 bridgehead atoms. The third kappa shape index (κ3) is 3.58. The van der Waals surface area contributed by atoms with Crippen LogP contribution in [0.25, 0.3) is 0 Å². The Bertz CT molecular complexity index is 540.